The molecular weight excluding hydrogens is 335 g/mol. The molecule has 0 aliphatic rings. The molecule has 23 heavy (non-hydrogen) atoms. The molecule has 0 fully saturated rings. The van der Waals surface area contributed by atoms with Crippen LogP contribution >= 0.6 is 23.8 Å². The molecule has 0 amide bonds. The molecule has 2 aromatic carbocycles. The fraction of sp³-hybridized carbons (Fsp3) is 0.235. The summed E-state index contributed by atoms with van der Waals surface area (Å²) in [6.07, 6.45) is 0.832. The average molecular weight is 353 g/mol. The predicted molar refractivity (Wildman–Crippen MR) is 96.3 cm³/mol. The Kier molecular flexibility index (Phi) is 7.26. The standard InChI is InChI=1S/C17H18ClFN2OS/c18-15-11-14(7-8-16(15)19)21-17(23)20-9-4-10-22-12-13-5-2-1-3-6-13/h1-3,5-8,11H,4,9-10,12H2,(H2,20,21,23). The van der Waals surface area contributed by atoms with Crippen LogP contribution in [0, 0.1) is 5.82 Å². The van der Waals surface area contributed by atoms with E-state index in [1.54, 1.807) is 6.07 Å². The summed E-state index contributed by atoms with van der Waals surface area (Å²) < 4.78 is 18.6. The second-order valence-corrected chi connectivity index (χ2v) is 5.72. The summed E-state index contributed by atoms with van der Waals surface area (Å²) in [5.41, 5.74) is 1.81. The van der Waals surface area contributed by atoms with Gasteiger partial charge < -0.3 is 15.4 Å². The third-order valence-corrected chi connectivity index (χ3v) is 3.58. The van der Waals surface area contributed by atoms with Crippen molar-refractivity contribution < 1.29 is 9.13 Å². The lowest BCUT2D eigenvalue weighted by Gasteiger charge is -2.11. The van der Waals surface area contributed by atoms with Gasteiger partial charge in [0.1, 0.15) is 5.82 Å². The molecular formula is C17H18ClFN2OS. The maximum Gasteiger partial charge on any atom is 0.170 e. The van der Waals surface area contributed by atoms with E-state index in [1.807, 2.05) is 30.3 Å². The van der Waals surface area contributed by atoms with E-state index in [1.165, 1.54) is 12.1 Å². The normalized spacial score (nSPS) is 10.3. The highest BCUT2D eigenvalue weighted by Gasteiger charge is 2.02. The summed E-state index contributed by atoms with van der Waals surface area (Å²) in [5, 5.41) is 6.55. The Morgan fingerprint density at radius 3 is 2.70 bits per heavy atom. The summed E-state index contributed by atoms with van der Waals surface area (Å²) in [5.74, 6) is -0.452. The molecule has 0 radical (unpaired) electrons. The monoisotopic (exact) mass is 352 g/mol. The highest BCUT2D eigenvalue weighted by Crippen LogP contribution is 2.19. The molecule has 2 aromatic rings. The number of hydrogen-bond acceptors (Lipinski definition) is 2. The molecule has 0 aliphatic heterocycles. The molecule has 0 saturated heterocycles. The van der Waals surface area contributed by atoms with Gasteiger partial charge in [0.25, 0.3) is 0 Å². The summed E-state index contributed by atoms with van der Waals surface area (Å²) in [4.78, 5) is 0. The molecule has 122 valence electrons. The van der Waals surface area contributed by atoms with E-state index in [0.717, 1.165) is 12.0 Å². The number of thiocarbonyl (C=S) groups is 1. The maximum atomic E-state index is 13.1. The first-order valence-electron chi connectivity index (χ1n) is 7.27. The molecule has 0 aliphatic carbocycles. The van der Waals surface area contributed by atoms with Gasteiger partial charge in [0, 0.05) is 18.8 Å². The molecule has 0 atom stereocenters. The molecule has 6 heteroatoms. The van der Waals surface area contributed by atoms with Gasteiger partial charge in [-0.1, -0.05) is 41.9 Å². The van der Waals surface area contributed by atoms with Crippen LogP contribution in [0.2, 0.25) is 5.02 Å². The SMILES string of the molecule is Fc1ccc(NC(=S)NCCCOCc2ccccc2)cc1Cl. The zero-order valence-electron chi connectivity index (χ0n) is 12.5. The van der Waals surface area contributed by atoms with Crippen molar-refractivity contribution in [3.63, 3.8) is 0 Å². The Morgan fingerprint density at radius 1 is 1.17 bits per heavy atom. The minimum Gasteiger partial charge on any atom is -0.377 e. The van der Waals surface area contributed by atoms with Crippen LogP contribution < -0.4 is 10.6 Å². The Bertz CT molecular complexity index is 640. The van der Waals surface area contributed by atoms with Gasteiger partial charge in [-0.2, -0.15) is 0 Å². The van der Waals surface area contributed by atoms with Gasteiger partial charge in [0.2, 0.25) is 0 Å². The summed E-state index contributed by atoms with van der Waals surface area (Å²) in [6.45, 7) is 1.94. The fourth-order valence-corrected chi connectivity index (χ4v) is 2.29. The lowest BCUT2D eigenvalue weighted by atomic mass is 10.2. The van der Waals surface area contributed by atoms with Crippen molar-refractivity contribution in [1.29, 1.82) is 0 Å². The van der Waals surface area contributed by atoms with Crippen LogP contribution in [0.15, 0.2) is 48.5 Å². The van der Waals surface area contributed by atoms with Crippen LogP contribution in [0.3, 0.4) is 0 Å². The molecule has 0 saturated carbocycles. The van der Waals surface area contributed by atoms with E-state index in [9.17, 15) is 4.39 Å². The van der Waals surface area contributed by atoms with E-state index < -0.39 is 5.82 Å². The first kappa shape index (κ1) is 17.7. The number of halogens is 2. The second-order valence-electron chi connectivity index (χ2n) is 4.90. The summed E-state index contributed by atoms with van der Waals surface area (Å²) >= 11 is 10.9. The molecule has 0 unspecified atom stereocenters. The Balaban J connectivity index is 1.58. The van der Waals surface area contributed by atoms with Gasteiger partial charge >= 0.3 is 0 Å². The van der Waals surface area contributed by atoms with Crippen LogP contribution in [-0.2, 0) is 11.3 Å². The van der Waals surface area contributed by atoms with Crippen molar-refractivity contribution in [2.24, 2.45) is 0 Å². The molecule has 0 aromatic heterocycles. The predicted octanol–water partition coefficient (Wildman–Crippen LogP) is 4.37. The van der Waals surface area contributed by atoms with E-state index in [-0.39, 0.29) is 5.02 Å². The highest BCUT2D eigenvalue weighted by atomic mass is 35.5. The first-order chi connectivity index (χ1) is 11.1. The zero-order valence-corrected chi connectivity index (χ0v) is 14.1. The first-order valence-corrected chi connectivity index (χ1v) is 8.05. The van der Waals surface area contributed by atoms with E-state index in [2.05, 4.69) is 10.6 Å². The van der Waals surface area contributed by atoms with Crippen LogP contribution in [0.4, 0.5) is 10.1 Å². The lowest BCUT2D eigenvalue weighted by molar-refractivity contribution is 0.119. The topological polar surface area (TPSA) is 33.3 Å². The molecule has 2 rings (SSSR count). The minimum atomic E-state index is -0.452. The number of anilines is 1. The van der Waals surface area contributed by atoms with Crippen molar-refractivity contribution in [2.45, 2.75) is 13.0 Å². The fourth-order valence-electron chi connectivity index (χ4n) is 1.89. The van der Waals surface area contributed by atoms with Crippen LogP contribution in [-0.4, -0.2) is 18.3 Å². The largest absolute Gasteiger partial charge is 0.377 e. The quantitative estimate of drug-likeness (QED) is 0.572. The van der Waals surface area contributed by atoms with Crippen molar-refractivity contribution in [2.75, 3.05) is 18.5 Å². The summed E-state index contributed by atoms with van der Waals surface area (Å²) in [6, 6.07) is 14.4. The second kappa shape index (κ2) is 9.45. The molecule has 3 nitrogen and oxygen atoms in total. The molecule has 2 N–H and O–H groups in total. The Labute approximate surface area is 145 Å². The zero-order chi connectivity index (χ0) is 16.5. The summed E-state index contributed by atoms with van der Waals surface area (Å²) in [7, 11) is 0. The molecule has 0 bridgehead atoms. The smallest absolute Gasteiger partial charge is 0.170 e. The van der Waals surface area contributed by atoms with Crippen LogP contribution in [0.25, 0.3) is 0 Å². The van der Waals surface area contributed by atoms with Crippen molar-refractivity contribution in [1.82, 2.24) is 5.32 Å². The van der Waals surface area contributed by atoms with Gasteiger partial charge in [-0.05, 0) is 42.4 Å². The van der Waals surface area contributed by atoms with E-state index in [4.69, 9.17) is 28.6 Å². The number of benzene rings is 2. The molecule has 0 spiro atoms. The van der Waals surface area contributed by atoms with Crippen molar-refractivity contribution >= 4 is 34.6 Å². The Hall–Kier alpha value is -1.69. The van der Waals surface area contributed by atoms with Crippen LogP contribution in [0.5, 0.6) is 0 Å². The van der Waals surface area contributed by atoms with Gasteiger partial charge in [0.05, 0.1) is 11.6 Å². The number of nitrogens with one attached hydrogen (secondary N) is 2. The van der Waals surface area contributed by atoms with Crippen molar-refractivity contribution in [3.8, 4) is 0 Å². The lowest BCUT2D eigenvalue weighted by Crippen LogP contribution is -2.29. The van der Waals surface area contributed by atoms with Crippen molar-refractivity contribution in [3.05, 3.63) is 64.9 Å². The molecule has 0 heterocycles. The third-order valence-electron chi connectivity index (χ3n) is 3.04. The van der Waals surface area contributed by atoms with Crippen LogP contribution in [0.1, 0.15) is 12.0 Å². The Morgan fingerprint density at radius 2 is 1.96 bits per heavy atom. The maximum absolute atomic E-state index is 13.1. The van der Waals surface area contributed by atoms with Gasteiger partial charge in [-0.25, -0.2) is 4.39 Å². The van der Waals surface area contributed by atoms with Gasteiger partial charge in [-0.15, -0.1) is 0 Å². The number of rotatable bonds is 7. The van der Waals surface area contributed by atoms with Gasteiger partial charge in [-0.3, -0.25) is 0 Å². The van der Waals surface area contributed by atoms with E-state index in [0.29, 0.717) is 30.6 Å². The minimum absolute atomic E-state index is 0.0621. The average Bonchev–Trinajstić information content (AvgIpc) is 2.55. The highest BCUT2D eigenvalue weighted by molar-refractivity contribution is 7.80. The van der Waals surface area contributed by atoms with E-state index >= 15 is 0 Å². The number of ether oxygens (including phenoxy) is 1. The van der Waals surface area contributed by atoms with Gasteiger partial charge in [0.15, 0.2) is 5.11 Å². The third kappa shape index (κ3) is 6.52. The number of hydrogen-bond donors (Lipinski definition) is 2.